The van der Waals surface area contributed by atoms with Gasteiger partial charge in [0.2, 0.25) is 5.91 Å². The summed E-state index contributed by atoms with van der Waals surface area (Å²) in [4.78, 5) is 10.9. The second-order valence-corrected chi connectivity index (χ2v) is 4.57. The number of benzene rings is 2. The zero-order valence-electron chi connectivity index (χ0n) is 11.2. The molecule has 2 aromatic rings. The number of carbonyl (C=O) groups excluding carboxylic acids is 1. The highest BCUT2D eigenvalue weighted by atomic mass is 19.4. The smallest absolute Gasteiger partial charge is 0.507 e. The van der Waals surface area contributed by atoms with Crippen molar-refractivity contribution in [2.45, 2.75) is 12.8 Å². The second-order valence-electron chi connectivity index (χ2n) is 4.57. The largest absolute Gasteiger partial charge is 0.573 e. The number of nitrogens with two attached hydrogens (primary N) is 1. The molecule has 116 valence electrons. The van der Waals surface area contributed by atoms with Crippen LogP contribution in [0.4, 0.5) is 13.2 Å². The Morgan fingerprint density at radius 1 is 1.14 bits per heavy atom. The Balaban J connectivity index is 2.29. The molecule has 22 heavy (non-hydrogen) atoms. The van der Waals surface area contributed by atoms with E-state index in [4.69, 9.17) is 5.73 Å². The Kier molecular flexibility index (Phi) is 4.25. The molecule has 0 atom stereocenters. The van der Waals surface area contributed by atoms with E-state index in [1.807, 2.05) is 0 Å². The lowest BCUT2D eigenvalue weighted by atomic mass is 10.0. The van der Waals surface area contributed by atoms with Gasteiger partial charge >= 0.3 is 6.36 Å². The van der Waals surface area contributed by atoms with Gasteiger partial charge in [-0.3, -0.25) is 4.79 Å². The van der Waals surface area contributed by atoms with E-state index in [1.165, 1.54) is 18.2 Å². The highest BCUT2D eigenvalue weighted by molar-refractivity contribution is 5.78. The van der Waals surface area contributed by atoms with Gasteiger partial charge in [0.05, 0.1) is 6.42 Å². The fourth-order valence-electron chi connectivity index (χ4n) is 1.96. The van der Waals surface area contributed by atoms with Gasteiger partial charge in [0.15, 0.2) is 0 Å². The lowest BCUT2D eigenvalue weighted by Gasteiger charge is -2.10. The minimum atomic E-state index is -4.76. The summed E-state index contributed by atoms with van der Waals surface area (Å²) in [5.74, 6) is -0.938. The molecule has 0 bridgehead atoms. The van der Waals surface area contributed by atoms with E-state index in [0.717, 1.165) is 12.1 Å². The van der Waals surface area contributed by atoms with E-state index in [0.29, 0.717) is 16.7 Å². The van der Waals surface area contributed by atoms with Crippen LogP contribution < -0.4 is 10.5 Å². The van der Waals surface area contributed by atoms with Crippen LogP contribution in [0.2, 0.25) is 0 Å². The average Bonchev–Trinajstić information content (AvgIpc) is 2.40. The van der Waals surface area contributed by atoms with Crippen molar-refractivity contribution in [3.63, 3.8) is 0 Å². The van der Waals surface area contributed by atoms with Crippen LogP contribution in [-0.2, 0) is 11.2 Å². The molecule has 0 aromatic heterocycles. The Morgan fingerprint density at radius 3 is 2.32 bits per heavy atom. The number of phenols is 1. The maximum atomic E-state index is 12.1. The van der Waals surface area contributed by atoms with Crippen LogP contribution in [0, 0.1) is 0 Å². The van der Waals surface area contributed by atoms with Gasteiger partial charge in [-0.1, -0.05) is 18.2 Å². The van der Waals surface area contributed by atoms with Gasteiger partial charge in [-0.05, 0) is 35.4 Å². The van der Waals surface area contributed by atoms with Crippen molar-refractivity contribution in [3.05, 3.63) is 48.0 Å². The number of ether oxygens (including phenoxy) is 1. The van der Waals surface area contributed by atoms with Crippen molar-refractivity contribution in [2.75, 3.05) is 0 Å². The molecule has 0 aliphatic rings. The van der Waals surface area contributed by atoms with Crippen molar-refractivity contribution in [2.24, 2.45) is 5.73 Å². The summed E-state index contributed by atoms with van der Waals surface area (Å²) >= 11 is 0. The molecule has 2 aromatic carbocycles. The third kappa shape index (κ3) is 4.15. The van der Waals surface area contributed by atoms with Crippen LogP contribution in [0.5, 0.6) is 11.5 Å². The number of carbonyl (C=O) groups is 1. The van der Waals surface area contributed by atoms with Crippen molar-refractivity contribution in [1.29, 1.82) is 0 Å². The molecule has 0 saturated heterocycles. The molecule has 4 nitrogen and oxygen atoms in total. The summed E-state index contributed by atoms with van der Waals surface area (Å²) in [5, 5.41) is 9.85. The van der Waals surface area contributed by atoms with Crippen LogP contribution in [0.3, 0.4) is 0 Å². The van der Waals surface area contributed by atoms with Crippen LogP contribution in [-0.4, -0.2) is 17.4 Å². The Hall–Kier alpha value is -2.70. The molecule has 0 saturated carbocycles. The van der Waals surface area contributed by atoms with Gasteiger partial charge in [0.1, 0.15) is 11.5 Å². The third-order valence-electron chi connectivity index (χ3n) is 2.84. The number of phenolic OH excluding ortho intramolecular Hbond substituents is 1. The minimum absolute atomic E-state index is 0.00253. The zero-order valence-corrected chi connectivity index (χ0v) is 11.2. The average molecular weight is 311 g/mol. The number of alkyl halides is 3. The molecule has 0 fully saturated rings. The first-order valence-corrected chi connectivity index (χ1v) is 6.21. The first-order valence-electron chi connectivity index (χ1n) is 6.21. The van der Waals surface area contributed by atoms with E-state index < -0.39 is 12.3 Å². The van der Waals surface area contributed by atoms with Gasteiger partial charge in [-0.2, -0.15) is 0 Å². The number of rotatable bonds is 4. The van der Waals surface area contributed by atoms with Crippen molar-refractivity contribution in [1.82, 2.24) is 0 Å². The summed E-state index contributed by atoms with van der Waals surface area (Å²) in [6.45, 7) is 0. The summed E-state index contributed by atoms with van der Waals surface area (Å²) in [7, 11) is 0. The molecule has 2 rings (SSSR count). The van der Waals surface area contributed by atoms with E-state index in [2.05, 4.69) is 4.74 Å². The number of hydrogen-bond donors (Lipinski definition) is 2. The van der Waals surface area contributed by atoms with Gasteiger partial charge in [0, 0.05) is 5.56 Å². The quantitative estimate of drug-likeness (QED) is 0.911. The molecule has 0 spiro atoms. The molecule has 3 N–H and O–H groups in total. The number of aromatic hydroxyl groups is 1. The molecule has 1 amide bonds. The number of primary amides is 1. The monoisotopic (exact) mass is 311 g/mol. The maximum Gasteiger partial charge on any atom is 0.573 e. The van der Waals surface area contributed by atoms with E-state index >= 15 is 0 Å². The summed E-state index contributed by atoms with van der Waals surface area (Å²) in [6.07, 6.45) is -4.76. The molecule has 0 radical (unpaired) electrons. The fourth-order valence-corrected chi connectivity index (χ4v) is 1.96. The first kappa shape index (κ1) is 15.7. The van der Waals surface area contributed by atoms with Gasteiger partial charge < -0.3 is 15.6 Å². The van der Waals surface area contributed by atoms with E-state index in [-0.39, 0.29) is 17.9 Å². The van der Waals surface area contributed by atoms with Crippen molar-refractivity contribution in [3.8, 4) is 22.6 Å². The normalized spacial score (nSPS) is 11.2. The fraction of sp³-hybridized carbons (Fsp3) is 0.133. The Bertz CT molecular complexity index is 681. The van der Waals surface area contributed by atoms with Crippen LogP contribution in [0.15, 0.2) is 42.5 Å². The maximum absolute atomic E-state index is 12.1. The predicted molar refractivity (Wildman–Crippen MR) is 73.1 cm³/mol. The predicted octanol–water partition coefficient (Wildman–Crippen LogP) is 2.99. The third-order valence-corrected chi connectivity index (χ3v) is 2.84. The highest BCUT2D eigenvalue weighted by Gasteiger charge is 2.30. The van der Waals surface area contributed by atoms with Crippen molar-refractivity contribution < 1.29 is 27.8 Å². The van der Waals surface area contributed by atoms with Crippen molar-refractivity contribution >= 4 is 5.91 Å². The molecule has 0 heterocycles. The first-order chi connectivity index (χ1) is 10.2. The molecule has 7 heteroatoms. The minimum Gasteiger partial charge on any atom is -0.507 e. The van der Waals surface area contributed by atoms with Gasteiger partial charge in [-0.15, -0.1) is 13.2 Å². The molecule has 0 aliphatic carbocycles. The van der Waals surface area contributed by atoms with E-state index in [1.54, 1.807) is 12.1 Å². The number of amides is 1. The SMILES string of the molecule is NC(=O)Cc1ccc(O)c(-c2ccc(OC(F)(F)F)cc2)c1. The van der Waals surface area contributed by atoms with E-state index in [9.17, 15) is 23.1 Å². The Labute approximate surface area is 123 Å². The highest BCUT2D eigenvalue weighted by Crippen LogP contribution is 2.32. The van der Waals surface area contributed by atoms with Crippen LogP contribution >= 0.6 is 0 Å². The summed E-state index contributed by atoms with van der Waals surface area (Å²) < 4.78 is 40.1. The molecule has 0 aliphatic heterocycles. The molecule has 0 unspecified atom stereocenters. The van der Waals surface area contributed by atoms with Crippen LogP contribution in [0.1, 0.15) is 5.56 Å². The number of halogens is 3. The summed E-state index contributed by atoms with van der Waals surface area (Å²) in [5.41, 5.74) is 6.57. The topological polar surface area (TPSA) is 72.6 Å². The standard InChI is InChI=1S/C15H12F3NO3/c16-15(17,18)22-11-4-2-10(3-5-11)12-7-9(8-14(19)21)1-6-13(12)20/h1-7,20H,8H2,(H2,19,21). The zero-order chi connectivity index (χ0) is 16.3. The second kappa shape index (κ2) is 5.97. The number of hydrogen-bond acceptors (Lipinski definition) is 3. The van der Waals surface area contributed by atoms with Gasteiger partial charge in [0.25, 0.3) is 0 Å². The summed E-state index contributed by atoms with van der Waals surface area (Å²) in [6, 6.07) is 9.54. The van der Waals surface area contributed by atoms with Gasteiger partial charge in [-0.25, -0.2) is 0 Å². The van der Waals surface area contributed by atoms with Crippen LogP contribution in [0.25, 0.3) is 11.1 Å². The molecular weight excluding hydrogens is 299 g/mol. The Morgan fingerprint density at radius 2 is 1.77 bits per heavy atom. The molecular formula is C15H12F3NO3. The lowest BCUT2D eigenvalue weighted by molar-refractivity contribution is -0.274. The lowest BCUT2D eigenvalue weighted by Crippen LogP contribution is -2.16.